The normalized spacial score (nSPS) is 11.0. The highest BCUT2D eigenvalue weighted by Crippen LogP contribution is 2.34. The Morgan fingerprint density at radius 3 is 2.44 bits per heavy atom. The van der Waals surface area contributed by atoms with Crippen LogP contribution in [0.1, 0.15) is 26.3 Å². The minimum Gasteiger partial charge on any atom is -0.495 e. The molecule has 1 N–H and O–H groups in total. The van der Waals surface area contributed by atoms with Crippen LogP contribution in [0.3, 0.4) is 0 Å². The molecule has 1 aromatic carbocycles. The molecule has 18 heavy (non-hydrogen) atoms. The zero-order valence-electron chi connectivity index (χ0n) is 11.3. The van der Waals surface area contributed by atoms with Crippen LogP contribution in [0.5, 0.6) is 5.75 Å². The second-order valence-electron chi connectivity index (χ2n) is 4.90. The molecule has 0 saturated carbocycles. The predicted octanol–water partition coefficient (Wildman–Crippen LogP) is 4.00. The first-order valence-corrected chi connectivity index (χ1v) is 5.95. The SMILES string of the molecule is COc1ccc(C)c(NC(=O)OC(C)(C)C)c1Cl. The van der Waals surface area contributed by atoms with Crippen molar-refractivity contribution < 1.29 is 14.3 Å². The van der Waals surface area contributed by atoms with Crippen LogP contribution in [-0.4, -0.2) is 18.8 Å². The van der Waals surface area contributed by atoms with E-state index >= 15 is 0 Å². The van der Waals surface area contributed by atoms with Crippen LogP contribution in [0, 0.1) is 6.92 Å². The van der Waals surface area contributed by atoms with Gasteiger partial charge in [-0.1, -0.05) is 17.7 Å². The van der Waals surface area contributed by atoms with Crippen molar-refractivity contribution in [1.82, 2.24) is 0 Å². The molecular weight excluding hydrogens is 254 g/mol. The minimum atomic E-state index is -0.552. The molecule has 0 aliphatic carbocycles. The van der Waals surface area contributed by atoms with E-state index in [4.69, 9.17) is 21.1 Å². The standard InChI is InChI=1S/C13H18ClNO3/c1-8-6-7-9(17-5)10(14)11(8)15-12(16)18-13(2,3)4/h6-7H,1-5H3,(H,15,16). The topological polar surface area (TPSA) is 47.6 Å². The first kappa shape index (κ1) is 14.6. The van der Waals surface area contributed by atoms with E-state index in [-0.39, 0.29) is 0 Å². The van der Waals surface area contributed by atoms with E-state index < -0.39 is 11.7 Å². The Bertz CT molecular complexity index is 452. The summed E-state index contributed by atoms with van der Waals surface area (Å²) < 4.78 is 10.3. The summed E-state index contributed by atoms with van der Waals surface area (Å²) in [5, 5.41) is 3.00. The fourth-order valence-corrected chi connectivity index (χ4v) is 1.71. The molecule has 1 amide bonds. The highest BCUT2D eigenvalue weighted by atomic mass is 35.5. The number of benzene rings is 1. The van der Waals surface area contributed by atoms with E-state index in [0.717, 1.165) is 5.56 Å². The lowest BCUT2D eigenvalue weighted by Crippen LogP contribution is -2.27. The van der Waals surface area contributed by atoms with Gasteiger partial charge >= 0.3 is 6.09 Å². The van der Waals surface area contributed by atoms with Crippen molar-refractivity contribution in [2.45, 2.75) is 33.3 Å². The summed E-state index contributed by atoms with van der Waals surface area (Å²) in [6.07, 6.45) is -0.541. The van der Waals surface area contributed by atoms with Crippen molar-refractivity contribution in [2.24, 2.45) is 0 Å². The third-order valence-electron chi connectivity index (χ3n) is 2.16. The van der Waals surface area contributed by atoms with Gasteiger partial charge in [0.1, 0.15) is 16.4 Å². The largest absolute Gasteiger partial charge is 0.495 e. The highest BCUT2D eigenvalue weighted by Gasteiger charge is 2.19. The number of hydrogen-bond donors (Lipinski definition) is 1. The summed E-state index contributed by atoms with van der Waals surface area (Å²) in [5.41, 5.74) is 0.792. The van der Waals surface area contributed by atoms with E-state index in [1.54, 1.807) is 26.8 Å². The summed E-state index contributed by atoms with van der Waals surface area (Å²) >= 11 is 6.13. The Labute approximate surface area is 112 Å². The molecule has 0 spiro atoms. The molecule has 0 heterocycles. The van der Waals surface area contributed by atoms with Crippen molar-refractivity contribution in [3.63, 3.8) is 0 Å². The van der Waals surface area contributed by atoms with E-state index in [1.807, 2.05) is 13.0 Å². The fraction of sp³-hybridized carbons (Fsp3) is 0.462. The van der Waals surface area contributed by atoms with E-state index in [1.165, 1.54) is 7.11 Å². The zero-order chi connectivity index (χ0) is 13.9. The van der Waals surface area contributed by atoms with Crippen LogP contribution < -0.4 is 10.1 Å². The molecule has 1 aromatic rings. The quantitative estimate of drug-likeness (QED) is 0.884. The van der Waals surface area contributed by atoms with Gasteiger partial charge in [-0.2, -0.15) is 0 Å². The summed E-state index contributed by atoms with van der Waals surface area (Å²) in [5.74, 6) is 0.508. The lowest BCUT2D eigenvalue weighted by Gasteiger charge is -2.21. The van der Waals surface area contributed by atoms with Gasteiger partial charge < -0.3 is 9.47 Å². The number of anilines is 1. The Balaban J connectivity index is 2.94. The number of amides is 1. The molecule has 4 nitrogen and oxygen atoms in total. The van der Waals surface area contributed by atoms with Gasteiger partial charge in [-0.15, -0.1) is 0 Å². The molecule has 100 valence electrons. The van der Waals surface area contributed by atoms with Crippen LogP contribution in [-0.2, 0) is 4.74 Å². The second-order valence-corrected chi connectivity index (χ2v) is 5.28. The maximum Gasteiger partial charge on any atom is 0.412 e. The molecular formula is C13H18ClNO3. The molecule has 1 rings (SSSR count). The Morgan fingerprint density at radius 2 is 1.94 bits per heavy atom. The summed E-state index contributed by atoms with van der Waals surface area (Å²) in [7, 11) is 1.52. The van der Waals surface area contributed by atoms with Gasteiger partial charge in [-0.25, -0.2) is 4.79 Å². The average Bonchev–Trinajstić information content (AvgIpc) is 2.22. The number of carbonyl (C=O) groups is 1. The number of rotatable bonds is 2. The number of halogens is 1. The smallest absolute Gasteiger partial charge is 0.412 e. The third kappa shape index (κ3) is 3.81. The van der Waals surface area contributed by atoms with Crippen LogP contribution in [0.25, 0.3) is 0 Å². The number of aryl methyl sites for hydroxylation is 1. The first-order valence-electron chi connectivity index (χ1n) is 5.57. The van der Waals surface area contributed by atoms with Gasteiger partial charge in [-0.05, 0) is 39.3 Å². The molecule has 0 saturated heterocycles. The molecule has 5 heteroatoms. The zero-order valence-corrected chi connectivity index (χ0v) is 12.0. The maximum absolute atomic E-state index is 11.7. The maximum atomic E-state index is 11.7. The predicted molar refractivity (Wildman–Crippen MR) is 72.6 cm³/mol. The molecule has 0 fully saturated rings. The van der Waals surface area contributed by atoms with Crippen LogP contribution >= 0.6 is 11.6 Å². The molecule has 0 unspecified atom stereocenters. The Morgan fingerprint density at radius 1 is 1.33 bits per heavy atom. The fourth-order valence-electron chi connectivity index (χ4n) is 1.37. The van der Waals surface area contributed by atoms with Gasteiger partial charge in [0.25, 0.3) is 0 Å². The minimum absolute atomic E-state index is 0.364. The van der Waals surface area contributed by atoms with Crippen LogP contribution in [0.2, 0.25) is 5.02 Å². The van der Waals surface area contributed by atoms with Gasteiger partial charge in [-0.3, -0.25) is 5.32 Å². The molecule has 0 radical (unpaired) electrons. The molecule has 0 aliphatic heterocycles. The summed E-state index contributed by atoms with van der Waals surface area (Å²) in [4.78, 5) is 11.7. The summed E-state index contributed by atoms with van der Waals surface area (Å²) in [6.45, 7) is 7.24. The second kappa shape index (κ2) is 5.48. The molecule has 0 aliphatic rings. The highest BCUT2D eigenvalue weighted by molar-refractivity contribution is 6.35. The number of hydrogen-bond acceptors (Lipinski definition) is 3. The van der Waals surface area contributed by atoms with Crippen molar-refractivity contribution in [3.05, 3.63) is 22.7 Å². The number of carbonyl (C=O) groups excluding carboxylic acids is 1. The van der Waals surface area contributed by atoms with Gasteiger partial charge in [0.15, 0.2) is 0 Å². The summed E-state index contributed by atoms with van der Waals surface area (Å²) in [6, 6.07) is 3.56. The van der Waals surface area contributed by atoms with Crippen molar-refractivity contribution in [3.8, 4) is 5.75 Å². The Hall–Kier alpha value is -1.42. The number of ether oxygens (including phenoxy) is 2. The van der Waals surface area contributed by atoms with E-state index in [9.17, 15) is 4.79 Å². The first-order chi connectivity index (χ1) is 8.24. The molecule has 0 bridgehead atoms. The number of nitrogens with one attached hydrogen (secondary N) is 1. The number of methoxy groups -OCH3 is 1. The van der Waals surface area contributed by atoms with Crippen molar-refractivity contribution >= 4 is 23.4 Å². The molecule has 0 aromatic heterocycles. The van der Waals surface area contributed by atoms with Gasteiger partial charge in [0.05, 0.1) is 12.8 Å². The van der Waals surface area contributed by atoms with Crippen molar-refractivity contribution in [1.29, 1.82) is 0 Å². The lowest BCUT2D eigenvalue weighted by atomic mass is 10.2. The van der Waals surface area contributed by atoms with E-state index in [0.29, 0.717) is 16.5 Å². The van der Waals surface area contributed by atoms with Gasteiger partial charge in [0, 0.05) is 0 Å². The van der Waals surface area contributed by atoms with E-state index in [2.05, 4.69) is 5.32 Å². The van der Waals surface area contributed by atoms with Crippen LogP contribution in [0.15, 0.2) is 12.1 Å². The van der Waals surface area contributed by atoms with Gasteiger partial charge in [0.2, 0.25) is 0 Å². The monoisotopic (exact) mass is 271 g/mol. The molecule has 0 atom stereocenters. The third-order valence-corrected chi connectivity index (χ3v) is 2.54. The Kier molecular flexibility index (Phi) is 4.46. The van der Waals surface area contributed by atoms with Crippen LogP contribution in [0.4, 0.5) is 10.5 Å². The average molecular weight is 272 g/mol. The van der Waals surface area contributed by atoms with Crippen molar-refractivity contribution in [2.75, 3.05) is 12.4 Å². The lowest BCUT2D eigenvalue weighted by molar-refractivity contribution is 0.0636.